The molecule has 1 aromatic rings. The normalized spacial score (nSPS) is 11.2. The highest BCUT2D eigenvalue weighted by Gasteiger charge is 2.33. The predicted molar refractivity (Wildman–Crippen MR) is 94.4 cm³/mol. The molecule has 0 saturated heterocycles. The van der Waals surface area contributed by atoms with E-state index in [1.807, 2.05) is 46.8 Å². The fourth-order valence-corrected chi connectivity index (χ4v) is 2.86. The number of rotatable bonds is 7. The summed E-state index contributed by atoms with van der Waals surface area (Å²) in [7, 11) is 0. The van der Waals surface area contributed by atoms with Crippen molar-refractivity contribution < 1.29 is 9.59 Å². The zero-order chi connectivity index (χ0) is 17.6. The number of benzene rings is 1. The van der Waals surface area contributed by atoms with Crippen molar-refractivity contribution in [3.63, 3.8) is 0 Å². The molecule has 0 heterocycles. The van der Waals surface area contributed by atoms with E-state index in [1.165, 1.54) is 0 Å². The van der Waals surface area contributed by atoms with Crippen LogP contribution >= 0.6 is 0 Å². The highest BCUT2D eigenvalue weighted by atomic mass is 16.2. The maximum absolute atomic E-state index is 12.3. The Labute approximate surface area is 139 Å². The lowest BCUT2D eigenvalue weighted by atomic mass is 9.81. The van der Waals surface area contributed by atoms with Crippen LogP contribution in [0.25, 0.3) is 0 Å². The third-order valence-electron chi connectivity index (χ3n) is 4.58. The van der Waals surface area contributed by atoms with Crippen molar-refractivity contribution >= 4 is 17.5 Å². The minimum atomic E-state index is -0.587. The van der Waals surface area contributed by atoms with Gasteiger partial charge in [0.2, 0.25) is 11.8 Å². The topological polar surface area (TPSA) is 84.2 Å². The maximum atomic E-state index is 12.3. The van der Waals surface area contributed by atoms with Gasteiger partial charge in [0.05, 0.1) is 12.0 Å². The van der Waals surface area contributed by atoms with E-state index in [4.69, 9.17) is 5.73 Å². The molecule has 1 rings (SSSR count). The van der Waals surface area contributed by atoms with Crippen molar-refractivity contribution in [2.45, 2.75) is 47.5 Å². The summed E-state index contributed by atoms with van der Waals surface area (Å²) in [6, 6.07) is 4.05. The molecule has 0 fully saturated rings. The van der Waals surface area contributed by atoms with Gasteiger partial charge in [-0.2, -0.15) is 0 Å². The quantitative estimate of drug-likeness (QED) is 0.721. The Morgan fingerprint density at radius 1 is 1.09 bits per heavy atom. The molecule has 0 unspecified atom stereocenters. The molecule has 23 heavy (non-hydrogen) atoms. The molecule has 0 bridgehead atoms. The van der Waals surface area contributed by atoms with E-state index >= 15 is 0 Å². The van der Waals surface area contributed by atoms with Crippen LogP contribution in [0.5, 0.6) is 0 Å². The summed E-state index contributed by atoms with van der Waals surface area (Å²) in [6.45, 7) is 10.1. The number of aryl methyl sites for hydroxylation is 3. The van der Waals surface area contributed by atoms with Gasteiger partial charge in [0.15, 0.2) is 0 Å². The molecule has 128 valence electrons. The third-order valence-corrected chi connectivity index (χ3v) is 4.58. The van der Waals surface area contributed by atoms with E-state index in [0.29, 0.717) is 12.8 Å². The summed E-state index contributed by atoms with van der Waals surface area (Å²) in [5.74, 6) is -0.385. The first-order valence-electron chi connectivity index (χ1n) is 8.15. The number of hydrogen-bond donors (Lipinski definition) is 3. The average Bonchev–Trinajstić information content (AvgIpc) is 2.51. The molecule has 0 aromatic heterocycles. The number of nitrogens with one attached hydrogen (secondary N) is 2. The molecule has 5 nitrogen and oxygen atoms in total. The Hall–Kier alpha value is -1.88. The molecule has 4 N–H and O–H groups in total. The molecule has 0 aliphatic rings. The molecule has 2 amide bonds. The van der Waals surface area contributed by atoms with Crippen molar-refractivity contribution in [1.29, 1.82) is 0 Å². The monoisotopic (exact) mass is 319 g/mol. The summed E-state index contributed by atoms with van der Waals surface area (Å²) < 4.78 is 0. The zero-order valence-corrected chi connectivity index (χ0v) is 14.9. The molecule has 0 atom stereocenters. The first kappa shape index (κ1) is 19.2. The first-order valence-corrected chi connectivity index (χ1v) is 8.15. The molecule has 0 aliphatic heterocycles. The number of nitrogens with two attached hydrogens (primary N) is 1. The molecule has 0 aliphatic carbocycles. The van der Waals surface area contributed by atoms with Crippen LogP contribution in [-0.2, 0) is 9.59 Å². The Balaban J connectivity index is 2.70. The third kappa shape index (κ3) is 4.55. The van der Waals surface area contributed by atoms with Gasteiger partial charge < -0.3 is 16.4 Å². The van der Waals surface area contributed by atoms with Gasteiger partial charge in [-0.1, -0.05) is 31.5 Å². The van der Waals surface area contributed by atoms with Gasteiger partial charge in [-0.15, -0.1) is 0 Å². The highest BCUT2D eigenvalue weighted by Crippen LogP contribution is 2.25. The van der Waals surface area contributed by atoms with Crippen LogP contribution in [0.4, 0.5) is 5.69 Å². The molecular formula is C18H29N3O2. The molecule has 1 aromatic carbocycles. The predicted octanol–water partition coefficient (Wildman–Crippen LogP) is 2.43. The van der Waals surface area contributed by atoms with Gasteiger partial charge in [0, 0.05) is 12.2 Å². The number of hydrogen-bond acceptors (Lipinski definition) is 3. The van der Waals surface area contributed by atoms with Crippen LogP contribution < -0.4 is 16.4 Å². The van der Waals surface area contributed by atoms with Crippen molar-refractivity contribution in [3.8, 4) is 0 Å². The summed E-state index contributed by atoms with van der Waals surface area (Å²) in [4.78, 5) is 24.5. The molecule has 5 heteroatoms. The van der Waals surface area contributed by atoms with Crippen LogP contribution in [-0.4, -0.2) is 24.9 Å². The Morgan fingerprint density at radius 2 is 1.61 bits per heavy atom. The van der Waals surface area contributed by atoms with Crippen molar-refractivity contribution in [3.05, 3.63) is 28.8 Å². The van der Waals surface area contributed by atoms with E-state index in [2.05, 4.69) is 10.6 Å². The van der Waals surface area contributed by atoms with Gasteiger partial charge in [-0.05, 0) is 44.7 Å². The van der Waals surface area contributed by atoms with Gasteiger partial charge in [-0.3, -0.25) is 9.59 Å². The van der Waals surface area contributed by atoms with Crippen molar-refractivity contribution in [2.24, 2.45) is 11.1 Å². The number of carbonyl (C=O) groups excluding carboxylic acids is 2. The summed E-state index contributed by atoms with van der Waals surface area (Å²) in [5.41, 5.74) is 9.16. The summed E-state index contributed by atoms with van der Waals surface area (Å²) in [6.07, 6.45) is 1.31. The number of carbonyl (C=O) groups is 2. The summed E-state index contributed by atoms with van der Waals surface area (Å²) >= 11 is 0. The van der Waals surface area contributed by atoms with Crippen LogP contribution in [0.1, 0.15) is 43.4 Å². The lowest BCUT2D eigenvalue weighted by molar-refractivity contribution is -0.132. The minimum absolute atomic E-state index is 0.0483. The Bertz CT molecular complexity index is 546. The van der Waals surface area contributed by atoms with Gasteiger partial charge in [0.25, 0.3) is 0 Å². The van der Waals surface area contributed by atoms with Gasteiger partial charge >= 0.3 is 0 Å². The standard InChI is InChI=1S/C18H29N3O2/c1-6-18(7-2,11-19)17(23)20-10-15(22)21-16-13(4)8-12(3)9-14(16)5/h8-9H,6-7,10-11,19H2,1-5H3,(H,20,23)(H,21,22). The lowest BCUT2D eigenvalue weighted by Gasteiger charge is -2.28. The second-order valence-electron chi connectivity index (χ2n) is 6.20. The smallest absolute Gasteiger partial charge is 0.243 e. The second-order valence-corrected chi connectivity index (χ2v) is 6.20. The molecule has 0 saturated carbocycles. The van der Waals surface area contributed by atoms with Crippen molar-refractivity contribution in [2.75, 3.05) is 18.4 Å². The number of anilines is 1. The SMILES string of the molecule is CCC(CC)(CN)C(=O)NCC(=O)Nc1c(C)cc(C)cc1C. The molecular weight excluding hydrogens is 290 g/mol. The number of amides is 2. The van der Waals surface area contributed by atoms with E-state index in [-0.39, 0.29) is 24.9 Å². The molecule has 0 radical (unpaired) electrons. The lowest BCUT2D eigenvalue weighted by Crippen LogP contribution is -2.47. The van der Waals surface area contributed by atoms with E-state index in [1.54, 1.807) is 0 Å². The van der Waals surface area contributed by atoms with Crippen LogP contribution in [0.2, 0.25) is 0 Å². The Kier molecular flexibility index (Phi) is 6.76. The van der Waals surface area contributed by atoms with Crippen LogP contribution in [0, 0.1) is 26.2 Å². The minimum Gasteiger partial charge on any atom is -0.347 e. The Morgan fingerprint density at radius 3 is 2.04 bits per heavy atom. The van der Waals surface area contributed by atoms with E-state index < -0.39 is 5.41 Å². The van der Waals surface area contributed by atoms with Crippen LogP contribution in [0.15, 0.2) is 12.1 Å². The largest absolute Gasteiger partial charge is 0.347 e. The van der Waals surface area contributed by atoms with E-state index in [9.17, 15) is 9.59 Å². The van der Waals surface area contributed by atoms with Crippen LogP contribution in [0.3, 0.4) is 0 Å². The molecule has 0 spiro atoms. The summed E-state index contributed by atoms with van der Waals surface area (Å²) in [5, 5.41) is 5.60. The van der Waals surface area contributed by atoms with Crippen molar-refractivity contribution in [1.82, 2.24) is 5.32 Å². The second kappa shape index (κ2) is 8.11. The van der Waals surface area contributed by atoms with Gasteiger partial charge in [0.1, 0.15) is 0 Å². The fraction of sp³-hybridized carbons (Fsp3) is 0.556. The fourth-order valence-electron chi connectivity index (χ4n) is 2.86. The van der Waals surface area contributed by atoms with E-state index in [0.717, 1.165) is 22.4 Å². The maximum Gasteiger partial charge on any atom is 0.243 e. The van der Waals surface area contributed by atoms with Gasteiger partial charge in [-0.25, -0.2) is 0 Å². The highest BCUT2D eigenvalue weighted by molar-refractivity contribution is 5.96. The average molecular weight is 319 g/mol. The first-order chi connectivity index (χ1) is 10.8. The zero-order valence-electron chi connectivity index (χ0n) is 14.9.